The third kappa shape index (κ3) is 7.66. The molecule has 2 N–H and O–H groups in total. The van der Waals surface area contributed by atoms with Crippen molar-refractivity contribution < 1.29 is 19.7 Å². The number of nitrogens with zero attached hydrogens (tertiary/aromatic N) is 1. The zero-order valence-corrected chi connectivity index (χ0v) is 18.1. The van der Waals surface area contributed by atoms with E-state index in [-0.39, 0.29) is 6.42 Å². The smallest absolute Gasteiger partial charge is 0.303 e. The second kappa shape index (κ2) is 12.0. The van der Waals surface area contributed by atoms with E-state index in [1.54, 1.807) is 0 Å². The number of allylic oxidation sites excluding steroid dienone is 1. The molecule has 0 saturated carbocycles. The molecule has 1 heterocycles. The number of carboxylic acids is 1. The molecule has 1 aromatic heterocycles. The zero-order chi connectivity index (χ0) is 21.9. The number of para-hydroxylation sites is 1. The molecule has 2 aromatic carbocycles. The van der Waals surface area contributed by atoms with Gasteiger partial charge in [-0.05, 0) is 42.5 Å². The maximum Gasteiger partial charge on any atom is 0.303 e. The summed E-state index contributed by atoms with van der Waals surface area (Å²) in [6.45, 7) is 0.563. The van der Waals surface area contributed by atoms with Crippen LogP contribution in [0.1, 0.15) is 47.2 Å². The fourth-order valence-corrected chi connectivity index (χ4v) is 3.92. The zero-order valence-electron chi connectivity index (χ0n) is 17.3. The van der Waals surface area contributed by atoms with E-state index in [9.17, 15) is 9.90 Å². The van der Waals surface area contributed by atoms with Crippen molar-refractivity contribution in [2.45, 2.75) is 38.2 Å². The molecular weight excluding hydrogens is 410 g/mol. The highest BCUT2D eigenvalue weighted by molar-refractivity contribution is 7.10. The quantitative estimate of drug-likeness (QED) is 0.376. The molecule has 0 aliphatic carbocycles. The minimum absolute atomic E-state index is 0.0962. The average Bonchev–Trinajstić information content (AvgIpc) is 3.25. The van der Waals surface area contributed by atoms with Crippen molar-refractivity contribution in [3.05, 3.63) is 87.9 Å². The number of aliphatic hydroxyl groups is 1. The number of ether oxygens (including phenoxy) is 1. The number of hydrogen-bond donors (Lipinski definition) is 2. The lowest BCUT2D eigenvalue weighted by atomic mass is 10.1. The first-order valence-corrected chi connectivity index (χ1v) is 11.3. The fourth-order valence-electron chi connectivity index (χ4n) is 3.13. The highest BCUT2D eigenvalue weighted by Crippen LogP contribution is 2.22. The van der Waals surface area contributed by atoms with Gasteiger partial charge in [0.25, 0.3) is 0 Å². The maximum atomic E-state index is 10.8. The Hall–Kier alpha value is -2.96. The Bertz CT molecular complexity index is 984. The number of benzene rings is 2. The summed E-state index contributed by atoms with van der Waals surface area (Å²) < 4.78 is 5.84. The monoisotopic (exact) mass is 437 g/mol. The van der Waals surface area contributed by atoms with Gasteiger partial charge in [-0.3, -0.25) is 4.79 Å². The van der Waals surface area contributed by atoms with Gasteiger partial charge in [0.1, 0.15) is 16.9 Å². The van der Waals surface area contributed by atoms with Gasteiger partial charge in [-0.25, -0.2) is 4.98 Å². The van der Waals surface area contributed by atoms with E-state index >= 15 is 0 Å². The van der Waals surface area contributed by atoms with E-state index < -0.39 is 12.1 Å². The molecule has 0 fully saturated rings. The molecule has 3 rings (SSSR count). The molecular formula is C25H27NO4S. The van der Waals surface area contributed by atoms with Gasteiger partial charge >= 0.3 is 5.97 Å². The second-order valence-electron chi connectivity index (χ2n) is 7.21. The van der Waals surface area contributed by atoms with Crippen LogP contribution in [-0.2, 0) is 17.6 Å². The summed E-state index contributed by atoms with van der Waals surface area (Å²) in [5.74, 6) is -0.0532. The summed E-state index contributed by atoms with van der Waals surface area (Å²) in [5, 5.41) is 22.0. The Balaban J connectivity index is 1.41. The summed E-state index contributed by atoms with van der Waals surface area (Å²) in [5.41, 5.74) is 2.71. The van der Waals surface area contributed by atoms with Gasteiger partial charge in [0.05, 0.1) is 12.3 Å². The maximum absolute atomic E-state index is 10.8. The van der Waals surface area contributed by atoms with Crippen molar-refractivity contribution >= 4 is 23.4 Å². The van der Waals surface area contributed by atoms with Crippen molar-refractivity contribution in [3.8, 4) is 5.75 Å². The standard InChI is InChI=1S/C25H27NO4S/c27-22(17-19-9-3-1-4-10-19)21-18-31-24(26-21)13-5-2-8-16-30-23-12-7-6-11-20(23)14-15-25(28)29/h1,3-7,9-13,18,22,27H,2,8,14-17H2,(H,28,29)/b13-5+. The van der Waals surface area contributed by atoms with Gasteiger partial charge in [0.15, 0.2) is 0 Å². The van der Waals surface area contributed by atoms with E-state index in [1.807, 2.05) is 66.1 Å². The molecule has 162 valence electrons. The van der Waals surface area contributed by atoms with E-state index in [4.69, 9.17) is 9.84 Å². The topological polar surface area (TPSA) is 79.7 Å². The molecule has 0 aliphatic rings. The first-order chi connectivity index (χ1) is 15.1. The number of unbranched alkanes of at least 4 members (excludes halogenated alkanes) is 1. The van der Waals surface area contributed by atoms with Gasteiger partial charge in [-0.1, -0.05) is 54.6 Å². The lowest BCUT2D eigenvalue weighted by Gasteiger charge is -2.10. The minimum Gasteiger partial charge on any atom is -0.493 e. The second-order valence-corrected chi connectivity index (χ2v) is 8.10. The molecule has 1 unspecified atom stereocenters. The molecule has 5 nitrogen and oxygen atoms in total. The van der Waals surface area contributed by atoms with E-state index in [0.717, 1.165) is 34.7 Å². The first-order valence-electron chi connectivity index (χ1n) is 10.4. The van der Waals surface area contributed by atoms with Crippen LogP contribution in [0.2, 0.25) is 0 Å². The Morgan fingerprint density at radius 3 is 2.71 bits per heavy atom. The summed E-state index contributed by atoms with van der Waals surface area (Å²) in [4.78, 5) is 15.3. The number of aryl methyl sites for hydroxylation is 1. The van der Waals surface area contributed by atoms with Gasteiger partial charge in [-0.15, -0.1) is 11.3 Å². The van der Waals surface area contributed by atoms with Gasteiger partial charge < -0.3 is 14.9 Å². The Morgan fingerprint density at radius 2 is 1.90 bits per heavy atom. The summed E-state index contributed by atoms with van der Waals surface area (Å²) in [6.07, 6.45) is 6.25. The van der Waals surface area contributed by atoms with Crippen molar-refractivity contribution in [1.29, 1.82) is 0 Å². The molecule has 0 amide bonds. The van der Waals surface area contributed by atoms with Crippen molar-refractivity contribution in [2.75, 3.05) is 6.61 Å². The minimum atomic E-state index is -0.808. The molecule has 0 spiro atoms. The normalized spacial score (nSPS) is 12.2. The third-order valence-corrected chi connectivity index (χ3v) is 5.60. The molecule has 0 saturated heterocycles. The Kier molecular flexibility index (Phi) is 8.82. The molecule has 0 radical (unpaired) electrons. The van der Waals surface area contributed by atoms with Gasteiger partial charge in [0, 0.05) is 18.2 Å². The van der Waals surface area contributed by atoms with Crippen LogP contribution in [0.15, 0.2) is 66.1 Å². The number of aromatic nitrogens is 1. The van der Waals surface area contributed by atoms with Gasteiger partial charge in [0.2, 0.25) is 0 Å². The Labute approximate surface area is 186 Å². The van der Waals surface area contributed by atoms with Crippen molar-refractivity contribution in [3.63, 3.8) is 0 Å². The lowest BCUT2D eigenvalue weighted by Crippen LogP contribution is -2.02. The van der Waals surface area contributed by atoms with Crippen LogP contribution in [0.5, 0.6) is 5.75 Å². The molecule has 0 bridgehead atoms. The first kappa shape index (κ1) is 22.7. The van der Waals surface area contributed by atoms with E-state index in [1.165, 1.54) is 11.3 Å². The van der Waals surface area contributed by atoms with E-state index in [0.29, 0.717) is 25.1 Å². The van der Waals surface area contributed by atoms with Crippen LogP contribution < -0.4 is 4.74 Å². The number of aliphatic carboxylic acids is 1. The Morgan fingerprint density at radius 1 is 1.13 bits per heavy atom. The van der Waals surface area contributed by atoms with Crippen LogP contribution in [0.4, 0.5) is 0 Å². The SMILES string of the molecule is O=C(O)CCc1ccccc1OCCC/C=C/c1nc(C(O)Cc2ccccc2)cs1. The van der Waals surface area contributed by atoms with Crippen LogP contribution in [0.3, 0.4) is 0 Å². The molecule has 6 heteroatoms. The van der Waals surface area contributed by atoms with Crippen LogP contribution >= 0.6 is 11.3 Å². The van der Waals surface area contributed by atoms with Crippen LogP contribution in [-0.4, -0.2) is 27.8 Å². The average molecular weight is 438 g/mol. The summed E-state index contributed by atoms with van der Waals surface area (Å²) in [6, 6.07) is 17.5. The number of rotatable bonds is 12. The molecule has 0 aliphatic heterocycles. The number of thiazole rings is 1. The predicted octanol–water partition coefficient (Wildman–Crippen LogP) is 5.31. The number of carbonyl (C=O) groups is 1. The van der Waals surface area contributed by atoms with E-state index in [2.05, 4.69) is 11.1 Å². The number of carboxylic acid groups (broad SMARTS) is 1. The summed E-state index contributed by atoms with van der Waals surface area (Å²) in [7, 11) is 0. The van der Waals surface area contributed by atoms with Crippen LogP contribution in [0.25, 0.3) is 6.08 Å². The summed E-state index contributed by atoms with van der Waals surface area (Å²) >= 11 is 1.52. The molecule has 3 aromatic rings. The van der Waals surface area contributed by atoms with Crippen molar-refractivity contribution in [2.24, 2.45) is 0 Å². The fraction of sp³-hybridized carbons (Fsp3) is 0.280. The highest BCUT2D eigenvalue weighted by Gasteiger charge is 2.12. The predicted molar refractivity (Wildman–Crippen MR) is 123 cm³/mol. The molecule has 1 atom stereocenters. The molecule has 31 heavy (non-hydrogen) atoms. The van der Waals surface area contributed by atoms with Gasteiger partial charge in [-0.2, -0.15) is 0 Å². The largest absolute Gasteiger partial charge is 0.493 e. The highest BCUT2D eigenvalue weighted by atomic mass is 32.1. The lowest BCUT2D eigenvalue weighted by molar-refractivity contribution is -0.136. The number of aliphatic hydroxyl groups excluding tert-OH is 1. The number of hydrogen-bond acceptors (Lipinski definition) is 5. The van der Waals surface area contributed by atoms with Crippen LogP contribution in [0, 0.1) is 0 Å². The van der Waals surface area contributed by atoms with Crippen molar-refractivity contribution in [1.82, 2.24) is 4.98 Å². The third-order valence-electron chi connectivity index (χ3n) is 4.77.